The van der Waals surface area contributed by atoms with Crippen LogP contribution in [0.3, 0.4) is 0 Å². The lowest BCUT2D eigenvalue weighted by atomic mass is 9.95. The standard InChI is InChI=1S/C19H26N2O2/c1-6-16-13(3)20-19(22)18(21(4)5)17(16)12-14-9-8-10-15(11-14)23-7-2/h8-11H,6-7,12H2,1-5H3,(H,20,22). The number of aromatic amines is 1. The maximum absolute atomic E-state index is 12.4. The molecular weight excluding hydrogens is 288 g/mol. The minimum Gasteiger partial charge on any atom is -0.494 e. The summed E-state index contributed by atoms with van der Waals surface area (Å²) in [7, 11) is 3.83. The highest BCUT2D eigenvalue weighted by molar-refractivity contribution is 5.57. The topological polar surface area (TPSA) is 45.3 Å². The number of nitrogens with one attached hydrogen (secondary N) is 1. The van der Waals surface area contributed by atoms with Crippen LogP contribution in [-0.2, 0) is 12.8 Å². The van der Waals surface area contributed by atoms with Crippen molar-refractivity contribution in [2.24, 2.45) is 0 Å². The van der Waals surface area contributed by atoms with Gasteiger partial charge in [-0.3, -0.25) is 4.79 Å². The Hall–Kier alpha value is -2.23. The van der Waals surface area contributed by atoms with Crippen molar-refractivity contribution >= 4 is 5.69 Å². The second-order valence-corrected chi connectivity index (χ2v) is 5.89. The number of hydrogen-bond acceptors (Lipinski definition) is 3. The van der Waals surface area contributed by atoms with E-state index in [1.54, 1.807) is 0 Å². The van der Waals surface area contributed by atoms with Crippen molar-refractivity contribution in [3.05, 3.63) is 57.0 Å². The summed E-state index contributed by atoms with van der Waals surface area (Å²) in [6.45, 7) is 6.73. The number of H-pyrrole nitrogens is 1. The van der Waals surface area contributed by atoms with Crippen LogP contribution < -0.4 is 15.2 Å². The van der Waals surface area contributed by atoms with Gasteiger partial charge in [-0.2, -0.15) is 0 Å². The Labute approximate surface area is 138 Å². The van der Waals surface area contributed by atoms with Crippen molar-refractivity contribution < 1.29 is 4.74 Å². The zero-order chi connectivity index (χ0) is 17.0. The molecule has 0 amide bonds. The molecule has 0 spiro atoms. The predicted octanol–water partition coefficient (Wildman–Crippen LogP) is 3.30. The predicted molar refractivity (Wildman–Crippen MR) is 95.9 cm³/mol. The van der Waals surface area contributed by atoms with Crippen LogP contribution in [0.15, 0.2) is 29.1 Å². The van der Waals surface area contributed by atoms with Crippen molar-refractivity contribution in [3.63, 3.8) is 0 Å². The first-order valence-corrected chi connectivity index (χ1v) is 8.11. The van der Waals surface area contributed by atoms with Crippen LogP contribution in [-0.4, -0.2) is 25.7 Å². The average molecular weight is 314 g/mol. The molecule has 2 rings (SSSR count). The van der Waals surface area contributed by atoms with Crippen LogP contribution in [0.4, 0.5) is 5.69 Å². The lowest BCUT2D eigenvalue weighted by Crippen LogP contribution is -2.25. The normalized spacial score (nSPS) is 10.7. The number of aryl methyl sites for hydroxylation is 1. The molecule has 1 N–H and O–H groups in total. The van der Waals surface area contributed by atoms with E-state index in [0.717, 1.165) is 41.1 Å². The van der Waals surface area contributed by atoms with E-state index < -0.39 is 0 Å². The van der Waals surface area contributed by atoms with Gasteiger partial charge in [-0.1, -0.05) is 19.1 Å². The highest BCUT2D eigenvalue weighted by atomic mass is 16.5. The molecule has 0 saturated heterocycles. The van der Waals surface area contributed by atoms with Gasteiger partial charge in [0.25, 0.3) is 5.56 Å². The summed E-state index contributed by atoms with van der Waals surface area (Å²) in [6.07, 6.45) is 1.62. The lowest BCUT2D eigenvalue weighted by Gasteiger charge is -2.21. The van der Waals surface area contributed by atoms with Crippen LogP contribution in [0.5, 0.6) is 5.75 Å². The van der Waals surface area contributed by atoms with Gasteiger partial charge in [0.1, 0.15) is 11.4 Å². The van der Waals surface area contributed by atoms with Crippen LogP contribution in [0.1, 0.15) is 36.2 Å². The molecule has 0 saturated carbocycles. The number of benzene rings is 1. The van der Waals surface area contributed by atoms with Gasteiger partial charge >= 0.3 is 0 Å². The summed E-state index contributed by atoms with van der Waals surface area (Å²) in [5.74, 6) is 0.871. The number of ether oxygens (including phenoxy) is 1. The Morgan fingerprint density at radius 3 is 2.52 bits per heavy atom. The number of pyridine rings is 1. The van der Waals surface area contributed by atoms with Crippen molar-refractivity contribution in [2.75, 3.05) is 25.6 Å². The number of aromatic nitrogens is 1. The molecule has 0 unspecified atom stereocenters. The highest BCUT2D eigenvalue weighted by Gasteiger charge is 2.16. The van der Waals surface area contributed by atoms with E-state index in [2.05, 4.69) is 24.0 Å². The molecule has 1 aromatic carbocycles. The van der Waals surface area contributed by atoms with Crippen LogP contribution in [0.2, 0.25) is 0 Å². The smallest absolute Gasteiger partial charge is 0.271 e. The van der Waals surface area contributed by atoms with E-state index in [-0.39, 0.29) is 5.56 Å². The van der Waals surface area contributed by atoms with Gasteiger partial charge in [0.05, 0.1) is 6.61 Å². The molecule has 124 valence electrons. The minimum atomic E-state index is -0.0272. The van der Waals surface area contributed by atoms with E-state index in [9.17, 15) is 4.79 Å². The summed E-state index contributed by atoms with van der Waals surface area (Å²) in [5, 5.41) is 0. The second-order valence-electron chi connectivity index (χ2n) is 5.89. The second kappa shape index (κ2) is 7.36. The number of rotatable bonds is 6. The molecule has 0 bridgehead atoms. The summed E-state index contributed by atoms with van der Waals surface area (Å²) in [5.41, 5.74) is 5.15. The summed E-state index contributed by atoms with van der Waals surface area (Å²) >= 11 is 0. The molecular formula is C19H26N2O2. The molecule has 0 radical (unpaired) electrons. The fraction of sp³-hybridized carbons (Fsp3) is 0.421. The molecule has 0 atom stereocenters. The van der Waals surface area contributed by atoms with E-state index in [1.165, 1.54) is 5.56 Å². The molecule has 1 heterocycles. The van der Waals surface area contributed by atoms with Gasteiger partial charge in [0.2, 0.25) is 0 Å². The number of anilines is 1. The summed E-state index contributed by atoms with van der Waals surface area (Å²) in [4.78, 5) is 17.3. The Morgan fingerprint density at radius 2 is 1.91 bits per heavy atom. The first kappa shape index (κ1) is 17.1. The molecule has 2 aromatic rings. The van der Waals surface area contributed by atoms with Crippen LogP contribution in [0.25, 0.3) is 0 Å². The van der Waals surface area contributed by atoms with Gasteiger partial charge in [0.15, 0.2) is 0 Å². The largest absolute Gasteiger partial charge is 0.494 e. The van der Waals surface area contributed by atoms with E-state index in [0.29, 0.717) is 6.61 Å². The average Bonchev–Trinajstić information content (AvgIpc) is 2.47. The molecule has 0 aliphatic heterocycles. The van der Waals surface area contributed by atoms with Gasteiger partial charge in [0, 0.05) is 26.2 Å². The molecule has 4 heteroatoms. The third kappa shape index (κ3) is 3.76. The zero-order valence-electron chi connectivity index (χ0n) is 14.7. The monoisotopic (exact) mass is 314 g/mol. The molecule has 0 aliphatic rings. The quantitative estimate of drug-likeness (QED) is 0.890. The third-order valence-corrected chi connectivity index (χ3v) is 4.01. The minimum absolute atomic E-state index is 0.0272. The van der Waals surface area contributed by atoms with Gasteiger partial charge < -0.3 is 14.6 Å². The van der Waals surface area contributed by atoms with Crippen molar-refractivity contribution in [2.45, 2.75) is 33.6 Å². The maximum Gasteiger partial charge on any atom is 0.271 e. The Balaban J connectivity index is 2.53. The number of hydrogen-bond donors (Lipinski definition) is 1. The Bertz CT molecular complexity index is 733. The van der Waals surface area contributed by atoms with E-state index in [1.807, 2.05) is 45.0 Å². The zero-order valence-corrected chi connectivity index (χ0v) is 14.7. The van der Waals surface area contributed by atoms with Gasteiger partial charge in [-0.25, -0.2) is 0 Å². The van der Waals surface area contributed by atoms with Crippen molar-refractivity contribution in [1.29, 1.82) is 0 Å². The fourth-order valence-electron chi connectivity index (χ4n) is 3.07. The molecule has 1 aromatic heterocycles. The maximum atomic E-state index is 12.4. The Morgan fingerprint density at radius 1 is 1.17 bits per heavy atom. The van der Waals surface area contributed by atoms with Gasteiger partial charge in [-0.15, -0.1) is 0 Å². The first-order chi connectivity index (χ1) is 11.0. The fourth-order valence-corrected chi connectivity index (χ4v) is 3.07. The van der Waals surface area contributed by atoms with Crippen molar-refractivity contribution in [3.8, 4) is 5.75 Å². The first-order valence-electron chi connectivity index (χ1n) is 8.11. The molecule has 0 fully saturated rings. The van der Waals surface area contributed by atoms with E-state index >= 15 is 0 Å². The molecule has 0 aliphatic carbocycles. The number of nitrogens with zero attached hydrogens (tertiary/aromatic N) is 1. The highest BCUT2D eigenvalue weighted by Crippen LogP contribution is 2.25. The summed E-state index contributed by atoms with van der Waals surface area (Å²) < 4.78 is 5.59. The SMILES string of the molecule is CCOc1cccc(Cc2c(CC)c(C)[nH]c(=O)c2N(C)C)c1. The Kier molecular flexibility index (Phi) is 5.48. The van der Waals surface area contributed by atoms with E-state index in [4.69, 9.17) is 4.74 Å². The third-order valence-electron chi connectivity index (χ3n) is 4.01. The van der Waals surface area contributed by atoms with Crippen LogP contribution in [0, 0.1) is 6.92 Å². The molecule has 23 heavy (non-hydrogen) atoms. The lowest BCUT2D eigenvalue weighted by molar-refractivity contribution is 0.340. The molecule has 4 nitrogen and oxygen atoms in total. The van der Waals surface area contributed by atoms with Crippen molar-refractivity contribution in [1.82, 2.24) is 4.98 Å². The van der Waals surface area contributed by atoms with Gasteiger partial charge in [-0.05, 0) is 49.1 Å². The van der Waals surface area contributed by atoms with Crippen LogP contribution >= 0.6 is 0 Å². The summed E-state index contributed by atoms with van der Waals surface area (Å²) in [6, 6.07) is 8.10.